The Labute approximate surface area is 89.0 Å². The van der Waals surface area contributed by atoms with Gasteiger partial charge in [0.1, 0.15) is 0 Å². The monoisotopic (exact) mass is 208 g/mol. The van der Waals surface area contributed by atoms with Gasteiger partial charge in [0.15, 0.2) is 11.5 Å². The van der Waals surface area contributed by atoms with E-state index in [2.05, 4.69) is 5.32 Å². The summed E-state index contributed by atoms with van der Waals surface area (Å²) in [6.07, 6.45) is 1.99. The first-order chi connectivity index (χ1) is 7.19. The van der Waals surface area contributed by atoms with Gasteiger partial charge >= 0.3 is 0 Å². The smallest absolute Gasteiger partial charge is 0.160 e. The zero-order chi connectivity index (χ0) is 10.8. The van der Waals surface area contributed by atoms with Crippen LogP contribution in [0.2, 0.25) is 0 Å². The molecule has 0 atom stereocenters. The predicted octanol–water partition coefficient (Wildman–Crippen LogP) is 1.30. The summed E-state index contributed by atoms with van der Waals surface area (Å²) in [5.41, 5.74) is 6.60. The van der Waals surface area contributed by atoms with Gasteiger partial charge in [0, 0.05) is 23.8 Å². The largest absolute Gasteiger partial charge is 0.504 e. The summed E-state index contributed by atoms with van der Waals surface area (Å²) in [6.45, 7) is 0. The van der Waals surface area contributed by atoms with Gasteiger partial charge in [0.05, 0.1) is 7.11 Å². The highest BCUT2D eigenvalue weighted by molar-refractivity contribution is 5.54. The minimum Gasteiger partial charge on any atom is -0.504 e. The van der Waals surface area contributed by atoms with E-state index in [0.717, 1.165) is 18.5 Å². The molecular formula is C11H16N2O2. The maximum atomic E-state index is 9.56. The molecule has 4 heteroatoms. The number of aromatic hydroxyl groups is 1. The summed E-state index contributed by atoms with van der Waals surface area (Å²) in [7, 11) is 1.53. The fourth-order valence-corrected chi connectivity index (χ4v) is 1.80. The Morgan fingerprint density at radius 3 is 2.73 bits per heavy atom. The lowest BCUT2D eigenvalue weighted by Gasteiger charge is -2.33. The van der Waals surface area contributed by atoms with E-state index in [1.165, 1.54) is 7.11 Å². The molecule has 1 aliphatic carbocycles. The fourth-order valence-electron chi connectivity index (χ4n) is 1.80. The van der Waals surface area contributed by atoms with Crippen molar-refractivity contribution in [2.75, 3.05) is 12.4 Å². The summed E-state index contributed by atoms with van der Waals surface area (Å²) >= 11 is 0. The van der Waals surface area contributed by atoms with Crippen LogP contribution >= 0.6 is 0 Å². The number of phenolic OH excluding ortho intramolecular Hbond substituents is 1. The van der Waals surface area contributed by atoms with E-state index in [9.17, 15) is 5.11 Å². The Morgan fingerprint density at radius 2 is 2.20 bits per heavy atom. The van der Waals surface area contributed by atoms with Gasteiger partial charge in [0.2, 0.25) is 0 Å². The van der Waals surface area contributed by atoms with Crippen LogP contribution in [0.25, 0.3) is 0 Å². The van der Waals surface area contributed by atoms with Crippen molar-refractivity contribution in [1.29, 1.82) is 0 Å². The zero-order valence-corrected chi connectivity index (χ0v) is 8.73. The average Bonchev–Trinajstić information content (AvgIpc) is 2.16. The second-order valence-electron chi connectivity index (χ2n) is 3.96. The van der Waals surface area contributed by atoms with Crippen LogP contribution < -0.4 is 15.8 Å². The summed E-state index contributed by atoms with van der Waals surface area (Å²) < 4.78 is 4.96. The number of anilines is 1. The fraction of sp³-hybridized carbons (Fsp3) is 0.455. The highest BCUT2D eigenvalue weighted by atomic mass is 16.5. The Morgan fingerprint density at radius 1 is 1.47 bits per heavy atom. The molecule has 4 N–H and O–H groups in total. The van der Waals surface area contributed by atoms with Gasteiger partial charge in [-0.15, -0.1) is 0 Å². The molecule has 1 fully saturated rings. The van der Waals surface area contributed by atoms with Crippen molar-refractivity contribution in [3.63, 3.8) is 0 Å². The Hall–Kier alpha value is -1.42. The molecule has 0 amide bonds. The topological polar surface area (TPSA) is 67.5 Å². The van der Waals surface area contributed by atoms with E-state index in [4.69, 9.17) is 10.5 Å². The molecule has 0 bridgehead atoms. The molecule has 0 saturated heterocycles. The van der Waals surface area contributed by atoms with Gasteiger partial charge in [-0.2, -0.15) is 0 Å². The summed E-state index contributed by atoms with van der Waals surface area (Å²) in [6, 6.07) is 6.07. The van der Waals surface area contributed by atoms with Crippen molar-refractivity contribution >= 4 is 5.69 Å². The Balaban J connectivity index is 2.00. The van der Waals surface area contributed by atoms with Crippen LogP contribution in [0, 0.1) is 0 Å². The third-order valence-electron chi connectivity index (χ3n) is 2.72. The van der Waals surface area contributed by atoms with Crippen molar-refractivity contribution in [2.24, 2.45) is 5.73 Å². The molecule has 0 heterocycles. The first kappa shape index (κ1) is 10.1. The van der Waals surface area contributed by atoms with Gasteiger partial charge in [-0.1, -0.05) is 0 Å². The lowest BCUT2D eigenvalue weighted by atomic mass is 9.87. The molecule has 82 valence electrons. The number of nitrogens with two attached hydrogens (primary N) is 1. The van der Waals surface area contributed by atoms with E-state index in [1.807, 2.05) is 6.07 Å². The highest BCUT2D eigenvalue weighted by Gasteiger charge is 2.25. The molecule has 0 unspecified atom stereocenters. The van der Waals surface area contributed by atoms with Gasteiger partial charge in [0.25, 0.3) is 0 Å². The molecule has 0 spiro atoms. The van der Waals surface area contributed by atoms with Gasteiger partial charge in [-0.05, 0) is 25.0 Å². The van der Waals surface area contributed by atoms with E-state index in [1.54, 1.807) is 12.1 Å². The van der Waals surface area contributed by atoms with E-state index >= 15 is 0 Å². The minimum atomic E-state index is 0.158. The molecule has 2 rings (SSSR count). The lowest BCUT2D eigenvalue weighted by molar-refractivity contribution is 0.369. The Kier molecular flexibility index (Phi) is 2.68. The molecule has 1 aromatic carbocycles. The van der Waals surface area contributed by atoms with Crippen molar-refractivity contribution in [3.05, 3.63) is 18.2 Å². The van der Waals surface area contributed by atoms with Crippen LogP contribution in [0.5, 0.6) is 11.5 Å². The number of hydrogen-bond donors (Lipinski definition) is 3. The SMILES string of the molecule is COc1ccc(NC2CC(N)C2)cc1O. The number of rotatable bonds is 3. The van der Waals surface area contributed by atoms with Crippen LogP contribution in [-0.4, -0.2) is 24.3 Å². The number of nitrogens with one attached hydrogen (secondary N) is 1. The quantitative estimate of drug-likeness (QED) is 0.700. The van der Waals surface area contributed by atoms with Crippen LogP contribution in [0.3, 0.4) is 0 Å². The molecule has 1 aliphatic rings. The Bertz CT molecular complexity index is 348. The summed E-state index contributed by atoms with van der Waals surface area (Å²) in [5, 5.41) is 12.9. The third-order valence-corrected chi connectivity index (χ3v) is 2.72. The molecule has 4 nitrogen and oxygen atoms in total. The minimum absolute atomic E-state index is 0.158. The molecule has 0 aromatic heterocycles. The average molecular weight is 208 g/mol. The maximum absolute atomic E-state index is 9.56. The number of benzene rings is 1. The van der Waals surface area contributed by atoms with Crippen molar-refractivity contribution < 1.29 is 9.84 Å². The van der Waals surface area contributed by atoms with Crippen molar-refractivity contribution in [1.82, 2.24) is 0 Å². The van der Waals surface area contributed by atoms with Crippen LogP contribution in [0.4, 0.5) is 5.69 Å². The number of phenols is 1. The normalized spacial score (nSPS) is 24.4. The highest BCUT2D eigenvalue weighted by Crippen LogP contribution is 2.30. The third kappa shape index (κ3) is 2.15. The standard InChI is InChI=1S/C11H16N2O2/c1-15-11-3-2-8(6-10(11)14)13-9-4-7(12)5-9/h2-3,6-7,9,13-14H,4-5,12H2,1H3. The molecule has 1 saturated carbocycles. The van der Waals surface area contributed by atoms with Gasteiger partial charge < -0.3 is 20.9 Å². The van der Waals surface area contributed by atoms with Crippen LogP contribution in [-0.2, 0) is 0 Å². The van der Waals surface area contributed by atoms with E-state index in [-0.39, 0.29) is 5.75 Å². The second-order valence-corrected chi connectivity index (χ2v) is 3.96. The predicted molar refractivity (Wildman–Crippen MR) is 59.3 cm³/mol. The maximum Gasteiger partial charge on any atom is 0.160 e. The molecule has 1 aromatic rings. The number of ether oxygens (including phenoxy) is 1. The zero-order valence-electron chi connectivity index (χ0n) is 8.73. The molecule has 0 aliphatic heterocycles. The first-order valence-corrected chi connectivity index (χ1v) is 5.08. The van der Waals surface area contributed by atoms with Gasteiger partial charge in [-0.3, -0.25) is 0 Å². The molecule has 0 radical (unpaired) electrons. The molecule has 15 heavy (non-hydrogen) atoms. The lowest BCUT2D eigenvalue weighted by Crippen LogP contribution is -2.44. The van der Waals surface area contributed by atoms with Crippen LogP contribution in [0.1, 0.15) is 12.8 Å². The first-order valence-electron chi connectivity index (χ1n) is 5.08. The van der Waals surface area contributed by atoms with Gasteiger partial charge in [-0.25, -0.2) is 0 Å². The van der Waals surface area contributed by atoms with Crippen molar-refractivity contribution in [3.8, 4) is 11.5 Å². The molecular weight excluding hydrogens is 192 g/mol. The number of hydrogen-bond acceptors (Lipinski definition) is 4. The number of methoxy groups -OCH3 is 1. The van der Waals surface area contributed by atoms with E-state index < -0.39 is 0 Å². The van der Waals surface area contributed by atoms with E-state index in [0.29, 0.717) is 17.8 Å². The summed E-state index contributed by atoms with van der Waals surface area (Å²) in [4.78, 5) is 0. The second kappa shape index (κ2) is 3.98. The summed E-state index contributed by atoms with van der Waals surface area (Å²) in [5.74, 6) is 0.650. The van der Waals surface area contributed by atoms with Crippen molar-refractivity contribution in [2.45, 2.75) is 24.9 Å². The van der Waals surface area contributed by atoms with Crippen LogP contribution in [0.15, 0.2) is 18.2 Å².